The van der Waals surface area contributed by atoms with Crippen LogP contribution < -0.4 is 19.1 Å². The molecule has 0 atom stereocenters. The lowest BCUT2D eigenvalue weighted by Gasteiger charge is -2.22. The first kappa shape index (κ1) is 24.1. The monoisotopic (exact) mass is 468 g/mol. The molecule has 1 amide bonds. The van der Waals surface area contributed by atoms with Gasteiger partial charge in [0.2, 0.25) is 15.9 Å². The number of hydrogen-bond donors (Lipinski definition) is 1. The van der Waals surface area contributed by atoms with E-state index in [1.807, 2.05) is 44.2 Å². The minimum atomic E-state index is -3.67. The molecule has 0 radical (unpaired) electrons. The van der Waals surface area contributed by atoms with Crippen molar-refractivity contribution in [3.8, 4) is 11.5 Å². The second kappa shape index (κ2) is 10.9. The number of nitrogens with one attached hydrogen (secondary N) is 1. The number of hydrogen-bond acceptors (Lipinski definition) is 5. The Morgan fingerprint density at radius 1 is 0.909 bits per heavy atom. The summed E-state index contributed by atoms with van der Waals surface area (Å²) < 4.78 is 37.0. The molecule has 174 valence electrons. The summed E-state index contributed by atoms with van der Waals surface area (Å²) in [5, 5.41) is 2.73. The Bertz CT molecular complexity index is 1150. The molecule has 3 rings (SSSR count). The summed E-state index contributed by atoms with van der Waals surface area (Å²) in [5.41, 5.74) is 1.98. The van der Waals surface area contributed by atoms with Crippen LogP contribution in [0.25, 0.3) is 0 Å². The molecule has 0 spiro atoms. The molecule has 0 bridgehead atoms. The van der Waals surface area contributed by atoms with E-state index in [1.165, 1.54) is 0 Å². The number of ether oxygens (including phenoxy) is 2. The summed E-state index contributed by atoms with van der Waals surface area (Å²) >= 11 is 0. The maximum atomic E-state index is 12.6. The number of carbonyl (C=O) groups excluding carboxylic acids is 1. The first-order chi connectivity index (χ1) is 15.7. The predicted molar refractivity (Wildman–Crippen MR) is 130 cm³/mol. The van der Waals surface area contributed by atoms with E-state index in [-0.39, 0.29) is 12.6 Å². The van der Waals surface area contributed by atoms with Crippen molar-refractivity contribution in [3.05, 3.63) is 84.4 Å². The number of nitrogens with zero attached hydrogens (tertiary/aromatic N) is 1. The molecule has 0 saturated carbocycles. The highest BCUT2D eigenvalue weighted by Gasteiger charge is 2.21. The summed E-state index contributed by atoms with van der Waals surface area (Å²) in [6.45, 7) is 3.90. The van der Waals surface area contributed by atoms with Gasteiger partial charge in [0.25, 0.3) is 0 Å². The molecule has 8 heteroatoms. The van der Waals surface area contributed by atoms with E-state index >= 15 is 0 Å². The zero-order chi connectivity index (χ0) is 23.8. The molecule has 0 aliphatic carbocycles. The van der Waals surface area contributed by atoms with Crippen LogP contribution in [0.1, 0.15) is 19.4 Å². The predicted octanol–water partition coefficient (Wildman–Crippen LogP) is 4.46. The van der Waals surface area contributed by atoms with Crippen molar-refractivity contribution in [2.24, 2.45) is 0 Å². The Morgan fingerprint density at radius 2 is 1.52 bits per heavy atom. The fourth-order valence-corrected chi connectivity index (χ4v) is 3.93. The van der Waals surface area contributed by atoms with Crippen molar-refractivity contribution in [3.63, 3.8) is 0 Å². The average molecular weight is 469 g/mol. The third-order valence-electron chi connectivity index (χ3n) is 4.57. The molecule has 0 aromatic heterocycles. The Hall–Kier alpha value is -3.52. The van der Waals surface area contributed by atoms with Crippen molar-refractivity contribution in [2.45, 2.75) is 26.6 Å². The summed E-state index contributed by atoms with van der Waals surface area (Å²) in [5.74, 6) is 0.834. The normalized spacial score (nSPS) is 11.2. The highest BCUT2D eigenvalue weighted by molar-refractivity contribution is 7.92. The molecule has 0 fully saturated rings. The van der Waals surface area contributed by atoms with Gasteiger partial charge in [-0.2, -0.15) is 0 Å². The Kier molecular flexibility index (Phi) is 7.95. The van der Waals surface area contributed by atoms with Gasteiger partial charge in [0.15, 0.2) is 0 Å². The van der Waals surface area contributed by atoms with Crippen LogP contribution >= 0.6 is 0 Å². The van der Waals surface area contributed by atoms with Gasteiger partial charge in [0.1, 0.15) is 24.7 Å². The minimum Gasteiger partial charge on any atom is -0.491 e. The third kappa shape index (κ3) is 7.54. The van der Waals surface area contributed by atoms with E-state index < -0.39 is 15.9 Å². The van der Waals surface area contributed by atoms with Crippen LogP contribution in [-0.4, -0.2) is 33.2 Å². The van der Waals surface area contributed by atoms with Gasteiger partial charge in [-0.15, -0.1) is 0 Å². The van der Waals surface area contributed by atoms with E-state index in [0.717, 1.165) is 16.1 Å². The van der Waals surface area contributed by atoms with Gasteiger partial charge >= 0.3 is 0 Å². The molecular formula is C25H28N2O5S. The van der Waals surface area contributed by atoms with Gasteiger partial charge < -0.3 is 14.8 Å². The number of benzene rings is 3. The molecule has 1 N–H and O–H groups in total. The van der Waals surface area contributed by atoms with Gasteiger partial charge in [0.05, 0.1) is 18.0 Å². The summed E-state index contributed by atoms with van der Waals surface area (Å²) in [6.07, 6.45) is 1.07. The van der Waals surface area contributed by atoms with E-state index in [2.05, 4.69) is 5.32 Å². The summed E-state index contributed by atoms with van der Waals surface area (Å²) in [6, 6.07) is 23.3. The van der Waals surface area contributed by atoms with E-state index in [9.17, 15) is 13.2 Å². The van der Waals surface area contributed by atoms with Crippen molar-refractivity contribution in [1.82, 2.24) is 0 Å². The van der Waals surface area contributed by atoms with Crippen LogP contribution in [0, 0.1) is 0 Å². The molecule has 0 aliphatic heterocycles. The number of sulfonamides is 1. The SMILES string of the molecule is CC(C)Oc1ccc(N(CC(=O)Nc2ccc(OCc3ccccc3)cc2)S(C)(=O)=O)cc1. The molecule has 0 heterocycles. The third-order valence-corrected chi connectivity index (χ3v) is 5.71. The van der Waals surface area contributed by atoms with E-state index in [0.29, 0.717) is 29.5 Å². The molecule has 0 saturated heterocycles. The van der Waals surface area contributed by atoms with Crippen LogP contribution in [0.2, 0.25) is 0 Å². The maximum Gasteiger partial charge on any atom is 0.245 e. The fourth-order valence-electron chi connectivity index (χ4n) is 3.07. The van der Waals surface area contributed by atoms with Crippen molar-refractivity contribution in [2.75, 3.05) is 22.4 Å². The van der Waals surface area contributed by atoms with Crippen LogP contribution in [0.15, 0.2) is 78.9 Å². The number of rotatable bonds is 10. The number of amides is 1. The van der Waals surface area contributed by atoms with Crippen molar-refractivity contribution < 1.29 is 22.7 Å². The molecular weight excluding hydrogens is 440 g/mol. The van der Waals surface area contributed by atoms with Gasteiger partial charge in [-0.3, -0.25) is 9.10 Å². The smallest absolute Gasteiger partial charge is 0.245 e. The number of carbonyl (C=O) groups is 1. The zero-order valence-corrected chi connectivity index (χ0v) is 19.7. The van der Waals surface area contributed by atoms with Crippen molar-refractivity contribution in [1.29, 1.82) is 0 Å². The first-order valence-electron chi connectivity index (χ1n) is 10.5. The molecule has 33 heavy (non-hydrogen) atoms. The van der Waals surface area contributed by atoms with Gasteiger partial charge in [-0.1, -0.05) is 30.3 Å². The minimum absolute atomic E-state index is 0.00256. The lowest BCUT2D eigenvalue weighted by Crippen LogP contribution is -2.37. The lowest BCUT2D eigenvalue weighted by molar-refractivity contribution is -0.114. The molecule has 3 aromatic carbocycles. The highest BCUT2D eigenvalue weighted by Crippen LogP contribution is 2.23. The van der Waals surface area contributed by atoms with E-state index in [4.69, 9.17) is 9.47 Å². The van der Waals surface area contributed by atoms with Crippen LogP contribution in [0.5, 0.6) is 11.5 Å². The fraction of sp³-hybridized carbons (Fsp3) is 0.240. The Labute approximate surface area is 195 Å². The first-order valence-corrected chi connectivity index (χ1v) is 12.4. The maximum absolute atomic E-state index is 12.6. The van der Waals surface area contributed by atoms with Gasteiger partial charge in [0, 0.05) is 5.69 Å². The van der Waals surface area contributed by atoms with Gasteiger partial charge in [-0.25, -0.2) is 8.42 Å². The van der Waals surface area contributed by atoms with Gasteiger partial charge in [-0.05, 0) is 67.9 Å². The molecule has 0 aliphatic rings. The quantitative estimate of drug-likeness (QED) is 0.475. The second-order valence-corrected chi connectivity index (χ2v) is 9.68. The molecule has 3 aromatic rings. The van der Waals surface area contributed by atoms with Crippen LogP contribution in [0.3, 0.4) is 0 Å². The second-order valence-electron chi connectivity index (χ2n) is 7.78. The highest BCUT2D eigenvalue weighted by atomic mass is 32.2. The Morgan fingerprint density at radius 3 is 2.09 bits per heavy atom. The molecule has 7 nitrogen and oxygen atoms in total. The standard InChI is InChI=1S/C25H28N2O5S/c1-19(2)32-24-15-11-22(12-16-24)27(33(3,29)30)17-25(28)26-21-9-13-23(14-10-21)31-18-20-7-5-4-6-8-20/h4-16,19H,17-18H2,1-3H3,(H,26,28). The largest absolute Gasteiger partial charge is 0.491 e. The molecule has 0 unspecified atom stereocenters. The van der Waals surface area contributed by atoms with Crippen LogP contribution in [0.4, 0.5) is 11.4 Å². The van der Waals surface area contributed by atoms with Crippen molar-refractivity contribution >= 4 is 27.3 Å². The summed E-state index contributed by atoms with van der Waals surface area (Å²) in [7, 11) is -3.67. The lowest BCUT2D eigenvalue weighted by atomic mass is 10.2. The average Bonchev–Trinajstić information content (AvgIpc) is 2.77. The Balaban J connectivity index is 1.61. The summed E-state index contributed by atoms with van der Waals surface area (Å²) in [4.78, 5) is 12.6. The van der Waals surface area contributed by atoms with E-state index in [1.54, 1.807) is 48.5 Å². The zero-order valence-electron chi connectivity index (χ0n) is 18.9. The topological polar surface area (TPSA) is 84.9 Å². The number of anilines is 2. The van der Waals surface area contributed by atoms with Crippen LogP contribution in [-0.2, 0) is 21.4 Å².